The number of hydrogen-bond donors (Lipinski definition) is 0. The molecule has 0 spiro atoms. The van der Waals surface area contributed by atoms with E-state index in [4.69, 9.17) is 0 Å². The third kappa shape index (κ3) is 7.18. The Morgan fingerprint density at radius 1 is 1.00 bits per heavy atom. The number of halogens is 2. The highest BCUT2D eigenvalue weighted by molar-refractivity contribution is 5.30. The lowest BCUT2D eigenvalue weighted by Gasteiger charge is -2.26. The van der Waals surface area contributed by atoms with Crippen LogP contribution in [0.2, 0.25) is 0 Å². The molecule has 1 aromatic rings. The maximum Gasteiger partial charge on any atom is 0.387 e. The van der Waals surface area contributed by atoms with Crippen molar-refractivity contribution in [3.63, 3.8) is 0 Å². The lowest BCUT2D eigenvalue weighted by atomic mass is 9.79. The third-order valence-electron chi connectivity index (χ3n) is 6.63. The summed E-state index contributed by atoms with van der Waals surface area (Å²) in [5, 5.41) is 0. The Morgan fingerprint density at radius 2 is 1.69 bits per heavy atom. The van der Waals surface area contributed by atoms with Crippen LogP contribution in [0.15, 0.2) is 36.4 Å². The summed E-state index contributed by atoms with van der Waals surface area (Å²) in [6.07, 6.45) is 17.0. The van der Waals surface area contributed by atoms with Crippen LogP contribution in [0.5, 0.6) is 5.75 Å². The molecule has 0 bridgehead atoms. The van der Waals surface area contributed by atoms with Gasteiger partial charge in [0.15, 0.2) is 0 Å². The van der Waals surface area contributed by atoms with Gasteiger partial charge >= 0.3 is 6.61 Å². The lowest BCUT2D eigenvalue weighted by Crippen LogP contribution is -2.12. The SMILES string of the molecule is CCCC1CCC(/C=C/C#CC2CCC(c3ccc(OC(F)F)cc3)CC2)CC1. The van der Waals surface area contributed by atoms with Gasteiger partial charge in [-0.05, 0) is 92.9 Å². The number of benzene rings is 1. The Bertz CT molecular complexity index is 682. The van der Waals surface area contributed by atoms with Crippen LogP contribution in [0.4, 0.5) is 8.78 Å². The topological polar surface area (TPSA) is 9.23 Å². The zero-order valence-corrected chi connectivity index (χ0v) is 17.6. The highest BCUT2D eigenvalue weighted by atomic mass is 19.3. The van der Waals surface area contributed by atoms with E-state index in [1.165, 1.54) is 44.1 Å². The molecule has 0 saturated heterocycles. The van der Waals surface area contributed by atoms with Crippen LogP contribution in [0.25, 0.3) is 0 Å². The second-order valence-corrected chi connectivity index (χ2v) is 8.71. The summed E-state index contributed by atoms with van der Waals surface area (Å²) >= 11 is 0. The molecule has 0 atom stereocenters. The molecule has 0 aromatic heterocycles. The summed E-state index contributed by atoms with van der Waals surface area (Å²) in [5.74, 6) is 9.65. The fourth-order valence-corrected chi connectivity index (χ4v) is 4.92. The molecule has 158 valence electrons. The standard InChI is InChI=1S/C26H34F2O/c1-2-5-20-8-10-21(11-9-20)6-3-4-7-22-12-14-23(15-13-22)24-16-18-25(19-17-24)29-26(27)28/h3,6,16-23,26H,2,5,8-15H2,1H3/b6-3+. The van der Waals surface area contributed by atoms with Crippen LogP contribution in [0, 0.1) is 29.6 Å². The van der Waals surface area contributed by atoms with E-state index in [0.29, 0.717) is 11.8 Å². The van der Waals surface area contributed by atoms with Gasteiger partial charge in [0.25, 0.3) is 0 Å². The van der Waals surface area contributed by atoms with Crippen molar-refractivity contribution in [3.05, 3.63) is 42.0 Å². The van der Waals surface area contributed by atoms with Gasteiger partial charge in [0.2, 0.25) is 0 Å². The van der Waals surface area contributed by atoms with Crippen molar-refractivity contribution in [1.82, 2.24) is 0 Å². The minimum absolute atomic E-state index is 0.230. The smallest absolute Gasteiger partial charge is 0.387 e. The van der Waals surface area contributed by atoms with Crippen molar-refractivity contribution in [1.29, 1.82) is 0 Å². The van der Waals surface area contributed by atoms with E-state index in [1.807, 2.05) is 12.1 Å². The first-order valence-corrected chi connectivity index (χ1v) is 11.4. The van der Waals surface area contributed by atoms with Crippen molar-refractivity contribution in [3.8, 4) is 17.6 Å². The van der Waals surface area contributed by atoms with Crippen LogP contribution in [0.1, 0.15) is 82.6 Å². The number of rotatable bonds is 6. The van der Waals surface area contributed by atoms with Crippen LogP contribution in [-0.2, 0) is 0 Å². The number of allylic oxidation sites excluding steroid dienone is 2. The van der Waals surface area contributed by atoms with Crippen molar-refractivity contribution in [2.24, 2.45) is 17.8 Å². The maximum absolute atomic E-state index is 12.3. The van der Waals surface area contributed by atoms with E-state index in [-0.39, 0.29) is 5.75 Å². The lowest BCUT2D eigenvalue weighted by molar-refractivity contribution is -0.0498. The van der Waals surface area contributed by atoms with Gasteiger partial charge in [0.05, 0.1) is 0 Å². The van der Waals surface area contributed by atoms with Crippen LogP contribution < -0.4 is 4.74 Å². The molecule has 0 heterocycles. The Kier molecular flexibility index (Phi) is 8.59. The normalized spacial score (nSPS) is 27.6. The van der Waals surface area contributed by atoms with E-state index in [2.05, 4.69) is 35.7 Å². The highest BCUT2D eigenvalue weighted by Gasteiger charge is 2.21. The van der Waals surface area contributed by atoms with Gasteiger partial charge in [0, 0.05) is 5.92 Å². The van der Waals surface area contributed by atoms with Crippen LogP contribution in [-0.4, -0.2) is 6.61 Å². The second-order valence-electron chi connectivity index (χ2n) is 8.71. The molecule has 0 unspecified atom stereocenters. The quantitative estimate of drug-likeness (QED) is 0.444. The van der Waals surface area contributed by atoms with Crippen LogP contribution in [0.3, 0.4) is 0 Å². The predicted octanol–water partition coefficient (Wildman–Crippen LogP) is 7.73. The molecule has 3 rings (SSSR count). The molecule has 2 saturated carbocycles. The van der Waals surface area contributed by atoms with Gasteiger partial charge in [-0.3, -0.25) is 0 Å². The van der Waals surface area contributed by atoms with Gasteiger partial charge < -0.3 is 4.74 Å². The molecule has 2 aliphatic carbocycles. The first kappa shape index (κ1) is 21.9. The molecule has 0 amide bonds. The van der Waals surface area contributed by atoms with Gasteiger partial charge in [-0.25, -0.2) is 0 Å². The number of alkyl halides is 2. The maximum atomic E-state index is 12.3. The van der Waals surface area contributed by atoms with Gasteiger partial charge in [0.1, 0.15) is 5.75 Å². The molecular weight excluding hydrogens is 366 g/mol. The second kappa shape index (κ2) is 11.4. The molecule has 1 aromatic carbocycles. The zero-order chi connectivity index (χ0) is 20.5. The van der Waals surface area contributed by atoms with Gasteiger partial charge in [-0.1, -0.05) is 49.8 Å². The Morgan fingerprint density at radius 3 is 2.31 bits per heavy atom. The van der Waals surface area contributed by atoms with E-state index >= 15 is 0 Å². The van der Waals surface area contributed by atoms with E-state index in [1.54, 1.807) is 12.1 Å². The molecule has 3 heteroatoms. The molecule has 1 nitrogen and oxygen atoms in total. The number of ether oxygens (including phenoxy) is 1. The minimum Gasteiger partial charge on any atom is -0.435 e. The average molecular weight is 401 g/mol. The Hall–Kier alpha value is -1.82. The Labute approximate surface area is 174 Å². The van der Waals surface area contributed by atoms with E-state index in [9.17, 15) is 8.78 Å². The van der Waals surface area contributed by atoms with E-state index in [0.717, 1.165) is 37.5 Å². The number of hydrogen-bond acceptors (Lipinski definition) is 1. The van der Waals surface area contributed by atoms with Crippen LogP contribution >= 0.6 is 0 Å². The first-order chi connectivity index (χ1) is 14.1. The third-order valence-corrected chi connectivity index (χ3v) is 6.63. The molecule has 2 fully saturated rings. The molecule has 0 N–H and O–H groups in total. The highest BCUT2D eigenvalue weighted by Crippen LogP contribution is 2.36. The van der Waals surface area contributed by atoms with Crippen molar-refractivity contribution < 1.29 is 13.5 Å². The fourth-order valence-electron chi connectivity index (χ4n) is 4.92. The summed E-state index contributed by atoms with van der Waals surface area (Å²) in [6.45, 7) is -0.476. The molecule has 2 aliphatic rings. The summed E-state index contributed by atoms with van der Waals surface area (Å²) in [7, 11) is 0. The largest absolute Gasteiger partial charge is 0.435 e. The molecule has 0 radical (unpaired) electrons. The monoisotopic (exact) mass is 400 g/mol. The van der Waals surface area contributed by atoms with Gasteiger partial charge in [-0.15, -0.1) is 0 Å². The zero-order valence-electron chi connectivity index (χ0n) is 17.6. The van der Waals surface area contributed by atoms with Crippen molar-refractivity contribution >= 4 is 0 Å². The molecule has 29 heavy (non-hydrogen) atoms. The molecule has 0 aliphatic heterocycles. The summed E-state index contributed by atoms with van der Waals surface area (Å²) < 4.78 is 28.9. The average Bonchev–Trinajstić information content (AvgIpc) is 2.73. The Balaban J connectivity index is 1.39. The first-order valence-electron chi connectivity index (χ1n) is 11.4. The van der Waals surface area contributed by atoms with E-state index < -0.39 is 6.61 Å². The van der Waals surface area contributed by atoms with Gasteiger partial charge in [-0.2, -0.15) is 8.78 Å². The van der Waals surface area contributed by atoms with Crippen molar-refractivity contribution in [2.45, 2.75) is 83.7 Å². The predicted molar refractivity (Wildman–Crippen MR) is 115 cm³/mol. The summed E-state index contributed by atoms with van der Waals surface area (Å²) in [4.78, 5) is 0. The van der Waals surface area contributed by atoms with Crippen molar-refractivity contribution in [2.75, 3.05) is 0 Å². The molecular formula is C26H34F2O. The summed E-state index contributed by atoms with van der Waals surface area (Å²) in [6, 6.07) is 7.14. The fraction of sp³-hybridized carbons (Fsp3) is 0.615. The minimum atomic E-state index is -2.76. The summed E-state index contributed by atoms with van der Waals surface area (Å²) in [5.41, 5.74) is 1.22.